The van der Waals surface area contributed by atoms with Gasteiger partial charge >= 0.3 is 0 Å². The molecule has 0 fully saturated rings. The highest BCUT2D eigenvalue weighted by atomic mass is 35.5. The van der Waals surface area contributed by atoms with Gasteiger partial charge in [-0.25, -0.2) is 0 Å². The minimum absolute atomic E-state index is 0.0227. The van der Waals surface area contributed by atoms with Crippen LogP contribution in [0, 0.1) is 0 Å². The van der Waals surface area contributed by atoms with Crippen molar-refractivity contribution in [2.75, 3.05) is 0 Å². The van der Waals surface area contributed by atoms with Crippen LogP contribution in [0.4, 0.5) is 0 Å². The van der Waals surface area contributed by atoms with E-state index in [-0.39, 0.29) is 26.2 Å². The summed E-state index contributed by atoms with van der Waals surface area (Å²) in [7, 11) is -5.16. The largest absolute Gasteiger partial charge is 0.508 e. The number of halogens is 4. The predicted molar refractivity (Wildman–Crippen MR) is 114 cm³/mol. The van der Waals surface area contributed by atoms with Gasteiger partial charge in [-0.1, -0.05) is 76.7 Å². The third-order valence-corrected chi connectivity index (χ3v) is 7.23. The van der Waals surface area contributed by atoms with Crippen LogP contribution in [0.5, 0.6) is 11.5 Å². The summed E-state index contributed by atoms with van der Waals surface area (Å²) in [5.74, 6) is -1.08. The third-order valence-electron chi connectivity index (χ3n) is 4.39. The van der Waals surface area contributed by atoms with Crippen LogP contribution in [0.1, 0.15) is 16.7 Å². The fourth-order valence-corrected chi connectivity index (χ4v) is 5.66. The number of phenols is 2. The highest BCUT2D eigenvalue weighted by molar-refractivity contribution is 7.87. The first-order valence-corrected chi connectivity index (χ1v) is 10.9. The van der Waals surface area contributed by atoms with E-state index in [9.17, 15) is 23.2 Å². The normalized spacial score (nSPS) is 13.8. The Morgan fingerprint density at radius 2 is 1.41 bits per heavy atom. The van der Waals surface area contributed by atoms with Gasteiger partial charge in [0.1, 0.15) is 11.5 Å². The van der Waals surface area contributed by atoms with Crippen LogP contribution < -0.4 is 0 Å². The lowest BCUT2D eigenvalue weighted by atomic mass is 9.83. The molecule has 10 heteroatoms. The zero-order valence-corrected chi connectivity index (χ0v) is 18.1. The highest BCUT2D eigenvalue weighted by Gasteiger charge is 2.53. The molecular formula is C19H12Cl4O5S. The summed E-state index contributed by atoms with van der Waals surface area (Å²) < 4.78 is 34.0. The van der Waals surface area contributed by atoms with Crippen molar-refractivity contribution in [1.29, 1.82) is 0 Å². The van der Waals surface area contributed by atoms with E-state index in [1.165, 1.54) is 30.3 Å². The summed E-state index contributed by atoms with van der Waals surface area (Å²) in [4.78, 5) is 0. The molecule has 0 aromatic heterocycles. The molecule has 0 saturated carbocycles. The maximum Gasteiger partial charge on any atom is 0.283 e. The topological polar surface area (TPSA) is 94.8 Å². The van der Waals surface area contributed by atoms with Gasteiger partial charge in [0.15, 0.2) is 4.75 Å². The SMILES string of the molecule is O=S(=O)(O)C(c1ccccc1)(c1cc(Cl)ccc1O)c1c(Cl)c(O)cc(Cl)c1Cl. The van der Waals surface area contributed by atoms with Crippen molar-refractivity contribution < 1.29 is 23.2 Å². The Kier molecular flexibility index (Phi) is 5.98. The summed E-state index contributed by atoms with van der Waals surface area (Å²) in [5, 5.41) is 19.8. The first-order valence-electron chi connectivity index (χ1n) is 7.90. The quantitative estimate of drug-likeness (QED) is 0.239. The summed E-state index contributed by atoms with van der Waals surface area (Å²) in [5.41, 5.74) is -0.785. The van der Waals surface area contributed by atoms with Crippen LogP contribution in [-0.2, 0) is 14.9 Å². The molecule has 152 valence electrons. The average Bonchev–Trinajstić information content (AvgIpc) is 2.65. The molecule has 0 saturated heterocycles. The van der Waals surface area contributed by atoms with Crippen LogP contribution in [0.2, 0.25) is 20.1 Å². The van der Waals surface area contributed by atoms with Gasteiger partial charge in [-0.3, -0.25) is 4.55 Å². The van der Waals surface area contributed by atoms with Gasteiger partial charge in [0.05, 0.1) is 15.1 Å². The molecule has 0 aliphatic rings. The van der Waals surface area contributed by atoms with E-state index in [1.807, 2.05) is 0 Å². The lowest BCUT2D eigenvalue weighted by molar-refractivity contribution is 0.439. The molecule has 0 aliphatic heterocycles. The van der Waals surface area contributed by atoms with Crippen molar-refractivity contribution in [1.82, 2.24) is 0 Å². The Bertz CT molecular complexity index is 1170. The van der Waals surface area contributed by atoms with E-state index in [0.29, 0.717) is 0 Å². The van der Waals surface area contributed by atoms with Crippen molar-refractivity contribution in [3.63, 3.8) is 0 Å². The number of benzene rings is 3. The molecule has 0 spiro atoms. The lowest BCUT2D eigenvalue weighted by Gasteiger charge is -2.34. The molecule has 1 unspecified atom stereocenters. The van der Waals surface area contributed by atoms with Crippen molar-refractivity contribution >= 4 is 56.5 Å². The zero-order chi connectivity index (χ0) is 21.6. The Morgan fingerprint density at radius 1 is 0.793 bits per heavy atom. The van der Waals surface area contributed by atoms with Gasteiger partial charge in [0.2, 0.25) is 0 Å². The molecule has 0 aliphatic carbocycles. The Labute approximate surface area is 186 Å². The molecule has 3 aromatic carbocycles. The molecular weight excluding hydrogens is 482 g/mol. The van der Waals surface area contributed by atoms with Gasteiger partial charge < -0.3 is 10.2 Å². The molecule has 5 nitrogen and oxygen atoms in total. The van der Waals surface area contributed by atoms with Crippen LogP contribution in [0.15, 0.2) is 54.6 Å². The molecule has 0 radical (unpaired) electrons. The second-order valence-corrected chi connectivity index (χ2v) is 9.23. The number of phenolic OH excluding ortho intramolecular Hbond substituents is 2. The smallest absolute Gasteiger partial charge is 0.283 e. The van der Waals surface area contributed by atoms with Crippen LogP contribution >= 0.6 is 46.4 Å². The molecule has 3 aromatic rings. The maximum atomic E-state index is 13.0. The third kappa shape index (κ3) is 3.54. The van der Waals surface area contributed by atoms with Crippen molar-refractivity contribution in [2.24, 2.45) is 0 Å². The number of aromatic hydroxyl groups is 2. The second-order valence-electron chi connectivity index (χ2n) is 6.06. The molecule has 1 atom stereocenters. The van der Waals surface area contributed by atoms with Gasteiger partial charge in [-0.05, 0) is 23.8 Å². The minimum Gasteiger partial charge on any atom is -0.508 e. The number of hydrogen-bond acceptors (Lipinski definition) is 4. The van der Waals surface area contributed by atoms with Crippen molar-refractivity contribution in [2.45, 2.75) is 4.75 Å². The Morgan fingerprint density at radius 3 is 2.00 bits per heavy atom. The second kappa shape index (κ2) is 7.87. The van der Waals surface area contributed by atoms with E-state index in [1.54, 1.807) is 6.07 Å². The molecule has 0 amide bonds. The Hall–Kier alpha value is -1.67. The lowest BCUT2D eigenvalue weighted by Crippen LogP contribution is -2.39. The van der Waals surface area contributed by atoms with E-state index in [2.05, 4.69) is 0 Å². The van der Waals surface area contributed by atoms with Gasteiger partial charge in [0, 0.05) is 22.2 Å². The average molecular weight is 494 g/mol. The monoisotopic (exact) mass is 492 g/mol. The minimum atomic E-state index is -5.16. The van der Waals surface area contributed by atoms with E-state index in [0.717, 1.165) is 18.2 Å². The van der Waals surface area contributed by atoms with Gasteiger partial charge in [0.25, 0.3) is 10.1 Å². The fourth-order valence-electron chi connectivity index (χ4n) is 3.21. The molecule has 0 bridgehead atoms. The summed E-state index contributed by atoms with van der Waals surface area (Å²) >= 11 is 24.7. The number of rotatable bonds is 4. The highest BCUT2D eigenvalue weighted by Crippen LogP contribution is 2.54. The number of hydrogen-bond donors (Lipinski definition) is 3. The summed E-state index contributed by atoms with van der Waals surface area (Å²) in [6, 6.07) is 12.1. The first-order chi connectivity index (χ1) is 13.5. The molecule has 3 rings (SSSR count). The van der Waals surface area contributed by atoms with Crippen LogP contribution in [0.25, 0.3) is 0 Å². The fraction of sp³-hybridized carbons (Fsp3) is 0.0526. The van der Waals surface area contributed by atoms with Crippen LogP contribution in [-0.4, -0.2) is 23.2 Å². The van der Waals surface area contributed by atoms with Crippen molar-refractivity contribution in [3.05, 3.63) is 91.4 Å². The van der Waals surface area contributed by atoms with Gasteiger partial charge in [-0.15, -0.1) is 0 Å². The van der Waals surface area contributed by atoms with E-state index in [4.69, 9.17) is 46.4 Å². The zero-order valence-electron chi connectivity index (χ0n) is 14.3. The van der Waals surface area contributed by atoms with E-state index < -0.39 is 37.0 Å². The molecule has 3 N–H and O–H groups in total. The Balaban J connectivity index is 2.69. The maximum absolute atomic E-state index is 13.0. The first kappa shape index (κ1) is 22.0. The summed E-state index contributed by atoms with van der Waals surface area (Å²) in [6.07, 6.45) is 0. The summed E-state index contributed by atoms with van der Waals surface area (Å²) in [6.45, 7) is 0. The predicted octanol–water partition coefficient (Wildman–Crippen LogP) is 5.89. The molecule has 29 heavy (non-hydrogen) atoms. The van der Waals surface area contributed by atoms with Crippen LogP contribution in [0.3, 0.4) is 0 Å². The van der Waals surface area contributed by atoms with Crippen molar-refractivity contribution in [3.8, 4) is 11.5 Å². The standard InChI is InChI=1S/C19H12Cl4O5S/c20-11-6-7-14(24)12(8-11)19(29(26,27)28,10-4-2-1-3-5-10)16-17(22)13(21)9-15(25)18(16)23/h1-9,24-25H,(H,26,27,28). The van der Waals surface area contributed by atoms with Gasteiger partial charge in [-0.2, -0.15) is 8.42 Å². The van der Waals surface area contributed by atoms with E-state index >= 15 is 0 Å². The molecule has 0 heterocycles.